The van der Waals surface area contributed by atoms with Gasteiger partial charge in [0.15, 0.2) is 11.5 Å². The van der Waals surface area contributed by atoms with Crippen molar-refractivity contribution in [2.75, 3.05) is 19.0 Å². The van der Waals surface area contributed by atoms with Crippen LogP contribution in [0, 0.1) is 6.92 Å². The van der Waals surface area contributed by atoms with Gasteiger partial charge in [0.25, 0.3) is 5.91 Å². The third kappa shape index (κ3) is 6.63. The Labute approximate surface area is 232 Å². The van der Waals surface area contributed by atoms with Crippen molar-refractivity contribution in [1.29, 1.82) is 0 Å². The number of carbonyl (C=O) groups excluding carboxylic acids is 3. The molecule has 0 aliphatic carbocycles. The van der Waals surface area contributed by atoms with E-state index in [-0.39, 0.29) is 17.9 Å². The number of ether oxygens (including phenoxy) is 2. The molecule has 3 aromatic rings. The molecule has 1 saturated heterocycles. The van der Waals surface area contributed by atoms with Gasteiger partial charge in [-0.3, -0.25) is 9.59 Å². The molecular weight excluding hydrogens is 570 g/mol. The largest absolute Gasteiger partial charge is 0.493 e. The number of hydrogen-bond acceptors (Lipinski definition) is 6. The normalized spacial score (nSPS) is 13.8. The zero-order chi connectivity index (χ0) is 28.1. The van der Waals surface area contributed by atoms with Gasteiger partial charge in [0.05, 0.1) is 17.1 Å². The predicted octanol–water partition coefficient (Wildman–Crippen LogP) is 4.57. The number of nitrogens with one attached hydrogen (secondary N) is 2. The summed E-state index contributed by atoms with van der Waals surface area (Å²) in [5.41, 5.74) is 3.00. The van der Waals surface area contributed by atoms with E-state index in [1.807, 2.05) is 13.0 Å². The first-order valence-electron chi connectivity index (χ1n) is 11.7. The van der Waals surface area contributed by atoms with Crippen molar-refractivity contribution < 1.29 is 33.8 Å². The van der Waals surface area contributed by atoms with Crippen LogP contribution in [0.3, 0.4) is 0 Å². The Morgan fingerprint density at radius 3 is 2.51 bits per heavy atom. The summed E-state index contributed by atoms with van der Waals surface area (Å²) in [7, 11) is 1.46. The molecule has 1 aliphatic rings. The average molecular weight is 594 g/mol. The third-order valence-electron chi connectivity index (χ3n) is 5.71. The second-order valence-electron chi connectivity index (χ2n) is 8.62. The van der Waals surface area contributed by atoms with Crippen molar-refractivity contribution in [1.82, 2.24) is 10.2 Å². The monoisotopic (exact) mass is 593 g/mol. The van der Waals surface area contributed by atoms with Gasteiger partial charge < -0.3 is 25.2 Å². The summed E-state index contributed by atoms with van der Waals surface area (Å²) in [4.78, 5) is 49.6. The molecular formula is C28H24BrN3O7. The number of benzene rings is 3. The summed E-state index contributed by atoms with van der Waals surface area (Å²) in [5.74, 6) is -1.39. The molecule has 3 N–H and O–H groups in total. The highest BCUT2D eigenvalue weighted by molar-refractivity contribution is 9.10. The van der Waals surface area contributed by atoms with E-state index in [0.29, 0.717) is 27.2 Å². The Kier molecular flexibility index (Phi) is 8.30. The van der Waals surface area contributed by atoms with Crippen LogP contribution in [0.1, 0.15) is 27.0 Å². The van der Waals surface area contributed by atoms with Crippen molar-refractivity contribution in [3.63, 3.8) is 0 Å². The van der Waals surface area contributed by atoms with Gasteiger partial charge >= 0.3 is 12.0 Å². The number of imide groups is 1. The van der Waals surface area contributed by atoms with Crippen LogP contribution in [0.25, 0.3) is 6.08 Å². The summed E-state index contributed by atoms with van der Waals surface area (Å²) in [5, 5.41) is 14.2. The Hall–Kier alpha value is -4.64. The quantitative estimate of drug-likeness (QED) is 0.244. The van der Waals surface area contributed by atoms with Gasteiger partial charge in [-0.25, -0.2) is 14.5 Å². The molecule has 0 saturated carbocycles. The first-order valence-corrected chi connectivity index (χ1v) is 12.5. The van der Waals surface area contributed by atoms with Crippen LogP contribution in [-0.4, -0.2) is 47.5 Å². The van der Waals surface area contributed by atoms with Crippen molar-refractivity contribution in [3.05, 3.63) is 93.1 Å². The minimum absolute atomic E-state index is 0.00416. The first-order chi connectivity index (χ1) is 18.6. The molecule has 4 amide bonds. The molecule has 0 radical (unpaired) electrons. The van der Waals surface area contributed by atoms with E-state index < -0.39 is 30.4 Å². The fourth-order valence-corrected chi connectivity index (χ4v) is 4.39. The number of anilines is 1. The molecule has 39 heavy (non-hydrogen) atoms. The van der Waals surface area contributed by atoms with E-state index in [0.717, 1.165) is 16.0 Å². The molecule has 0 unspecified atom stereocenters. The van der Waals surface area contributed by atoms with Crippen LogP contribution in [0.15, 0.2) is 70.8 Å². The molecule has 10 nitrogen and oxygen atoms in total. The molecule has 0 bridgehead atoms. The highest BCUT2D eigenvalue weighted by atomic mass is 79.9. The Bertz CT molecular complexity index is 1480. The Morgan fingerprint density at radius 1 is 1.10 bits per heavy atom. The second kappa shape index (κ2) is 11.8. The van der Waals surface area contributed by atoms with Gasteiger partial charge in [-0.05, 0) is 82.0 Å². The maximum absolute atomic E-state index is 12.9. The van der Waals surface area contributed by atoms with Gasteiger partial charge in [-0.1, -0.05) is 24.3 Å². The van der Waals surface area contributed by atoms with Crippen molar-refractivity contribution in [3.8, 4) is 11.5 Å². The standard InChI is InChI=1S/C28H24BrN3O7/c1-16-4-3-5-20(10-16)30-24(33)14-32-26(34)22(31-28(32)37)12-18-11-21(29)25(23(13-18)38-2)39-15-17-6-8-19(9-7-17)27(35)36/h3-13H,14-15H2,1-2H3,(H,30,33)(H,31,37)(H,35,36)/b22-12+. The number of hydrogen-bond donors (Lipinski definition) is 3. The minimum atomic E-state index is -1.01. The zero-order valence-electron chi connectivity index (χ0n) is 21.0. The molecule has 0 atom stereocenters. The number of carboxylic acids is 1. The molecule has 1 fully saturated rings. The number of nitrogens with zero attached hydrogens (tertiary/aromatic N) is 1. The lowest BCUT2D eigenvalue weighted by Gasteiger charge is -2.14. The maximum Gasteiger partial charge on any atom is 0.335 e. The van der Waals surface area contributed by atoms with Crippen LogP contribution < -0.4 is 20.1 Å². The van der Waals surface area contributed by atoms with Gasteiger partial charge in [0.1, 0.15) is 18.8 Å². The number of urea groups is 1. The second-order valence-corrected chi connectivity index (χ2v) is 9.48. The number of amides is 4. The Morgan fingerprint density at radius 2 is 1.85 bits per heavy atom. The van der Waals surface area contributed by atoms with E-state index in [4.69, 9.17) is 14.6 Å². The zero-order valence-corrected chi connectivity index (χ0v) is 22.6. The topological polar surface area (TPSA) is 134 Å². The number of carbonyl (C=O) groups is 4. The van der Waals surface area contributed by atoms with E-state index in [9.17, 15) is 19.2 Å². The molecule has 4 rings (SSSR count). The van der Waals surface area contributed by atoms with Crippen LogP contribution in [-0.2, 0) is 16.2 Å². The van der Waals surface area contributed by atoms with E-state index in [2.05, 4.69) is 26.6 Å². The fraction of sp³-hybridized carbons (Fsp3) is 0.143. The number of halogens is 1. The number of aryl methyl sites for hydroxylation is 1. The van der Waals surface area contributed by atoms with E-state index >= 15 is 0 Å². The van der Waals surface area contributed by atoms with Gasteiger partial charge in [-0.15, -0.1) is 0 Å². The average Bonchev–Trinajstić information content (AvgIpc) is 3.15. The molecule has 0 aromatic heterocycles. The van der Waals surface area contributed by atoms with Crippen LogP contribution in [0.5, 0.6) is 11.5 Å². The number of aromatic carboxylic acids is 1. The SMILES string of the molecule is COc1cc(/C=C2/NC(=O)N(CC(=O)Nc3cccc(C)c3)C2=O)cc(Br)c1OCc1ccc(C(=O)O)cc1. The lowest BCUT2D eigenvalue weighted by molar-refractivity contribution is -0.127. The molecule has 11 heteroatoms. The van der Waals surface area contributed by atoms with Crippen molar-refractivity contribution in [2.24, 2.45) is 0 Å². The number of carboxylic acid groups (broad SMARTS) is 1. The van der Waals surface area contributed by atoms with Crippen molar-refractivity contribution >= 4 is 51.5 Å². The van der Waals surface area contributed by atoms with Crippen molar-refractivity contribution in [2.45, 2.75) is 13.5 Å². The summed E-state index contributed by atoms with van der Waals surface area (Å²) in [6, 6.07) is 16.1. The molecule has 1 heterocycles. The lowest BCUT2D eigenvalue weighted by Crippen LogP contribution is -2.38. The predicted molar refractivity (Wildman–Crippen MR) is 146 cm³/mol. The van der Waals surface area contributed by atoms with Gasteiger partial charge in [0, 0.05) is 5.69 Å². The molecule has 0 spiro atoms. The van der Waals surface area contributed by atoms with Gasteiger partial charge in [0.2, 0.25) is 5.91 Å². The smallest absolute Gasteiger partial charge is 0.335 e. The highest BCUT2D eigenvalue weighted by Crippen LogP contribution is 2.38. The first kappa shape index (κ1) is 27.4. The van der Waals surface area contributed by atoms with Gasteiger partial charge in [-0.2, -0.15) is 0 Å². The minimum Gasteiger partial charge on any atom is -0.493 e. The van der Waals surface area contributed by atoms with E-state index in [1.54, 1.807) is 42.5 Å². The third-order valence-corrected chi connectivity index (χ3v) is 6.30. The van der Waals surface area contributed by atoms with E-state index in [1.165, 1.54) is 25.3 Å². The lowest BCUT2D eigenvalue weighted by atomic mass is 10.1. The van der Waals surface area contributed by atoms with Crippen LogP contribution >= 0.6 is 15.9 Å². The van der Waals surface area contributed by atoms with Crippen LogP contribution in [0.2, 0.25) is 0 Å². The molecule has 3 aromatic carbocycles. The Balaban J connectivity index is 1.45. The molecule has 200 valence electrons. The molecule has 1 aliphatic heterocycles. The van der Waals surface area contributed by atoms with Crippen LogP contribution in [0.4, 0.5) is 10.5 Å². The number of methoxy groups -OCH3 is 1. The maximum atomic E-state index is 12.9. The summed E-state index contributed by atoms with van der Waals surface area (Å²) in [6.07, 6.45) is 1.47. The number of rotatable bonds is 9. The summed E-state index contributed by atoms with van der Waals surface area (Å²) >= 11 is 3.45. The fourth-order valence-electron chi connectivity index (χ4n) is 3.81. The summed E-state index contributed by atoms with van der Waals surface area (Å²) in [6.45, 7) is 1.60. The highest BCUT2D eigenvalue weighted by Gasteiger charge is 2.35. The summed E-state index contributed by atoms with van der Waals surface area (Å²) < 4.78 is 11.9.